The van der Waals surface area contributed by atoms with Crippen LogP contribution in [0.5, 0.6) is 5.75 Å². The molecule has 0 radical (unpaired) electrons. The Balaban J connectivity index is 1.81. The molecule has 3 aromatic rings. The van der Waals surface area contributed by atoms with Gasteiger partial charge in [-0.3, -0.25) is 9.78 Å². The van der Waals surface area contributed by atoms with E-state index in [1.165, 1.54) is 5.56 Å². The molecule has 1 amide bonds. The van der Waals surface area contributed by atoms with Gasteiger partial charge in [-0.15, -0.1) is 0 Å². The number of aryl methyl sites for hydroxylation is 1. The summed E-state index contributed by atoms with van der Waals surface area (Å²) in [4.78, 5) is 17.1. The molecule has 0 atom stereocenters. The highest BCUT2D eigenvalue weighted by atomic mass is 16.5. The summed E-state index contributed by atoms with van der Waals surface area (Å²) in [5.74, 6) is 0.876. The van der Waals surface area contributed by atoms with Crippen LogP contribution >= 0.6 is 0 Å². The molecule has 1 N–H and O–H groups in total. The standard InChI is InChI=1S/C22H23N3O2/c1-14(2)17-7-5-16(6-8-17)13-23-25-22(26)20-11-15(3)24-21-10-9-18(27-4)12-19(20)21/h5-14H,1-4H3,(H,25,26). The molecule has 3 rings (SSSR count). The molecule has 5 nitrogen and oxygen atoms in total. The van der Waals surface area contributed by atoms with Crippen LogP contribution in [0.4, 0.5) is 0 Å². The average molecular weight is 361 g/mol. The maximum absolute atomic E-state index is 12.7. The smallest absolute Gasteiger partial charge is 0.272 e. The second kappa shape index (κ2) is 7.99. The maximum Gasteiger partial charge on any atom is 0.272 e. The highest BCUT2D eigenvalue weighted by Crippen LogP contribution is 2.23. The predicted molar refractivity (Wildman–Crippen MR) is 109 cm³/mol. The second-order valence-electron chi connectivity index (χ2n) is 6.71. The van der Waals surface area contributed by atoms with Crippen LogP contribution in [0.3, 0.4) is 0 Å². The molecule has 0 aliphatic carbocycles. The van der Waals surface area contributed by atoms with E-state index in [2.05, 4.69) is 41.5 Å². The van der Waals surface area contributed by atoms with Gasteiger partial charge in [0.1, 0.15) is 5.75 Å². The molecule has 0 unspecified atom stereocenters. The Morgan fingerprint density at radius 2 is 1.89 bits per heavy atom. The van der Waals surface area contributed by atoms with Gasteiger partial charge in [0.25, 0.3) is 5.91 Å². The van der Waals surface area contributed by atoms with Crippen LogP contribution in [-0.4, -0.2) is 24.2 Å². The second-order valence-corrected chi connectivity index (χ2v) is 6.71. The molecule has 0 saturated carbocycles. The first kappa shape index (κ1) is 18.6. The van der Waals surface area contributed by atoms with E-state index in [1.54, 1.807) is 19.4 Å². The van der Waals surface area contributed by atoms with E-state index < -0.39 is 0 Å². The molecule has 0 spiro atoms. The summed E-state index contributed by atoms with van der Waals surface area (Å²) in [6.45, 7) is 6.17. The number of pyridine rings is 1. The Morgan fingerprint density at radius 1 is 1.15 bits per heavy atom. The molecule has 0 aliphatic rings. The topological polar surface area (TPSA) is 63.6 Å². The fourth-order valence-electron chi connectivity index (χ4n) is 2.84. The number of carbonyl (C=O) groups excluding carboxylic acids is 1. The lowest BCUT2D eigenvalue weighted by atomic mass is 10.0. The van der Waals surface area contributed by atoms with Crippen LogP contribution in [0.15, 0.2) is 53.6 Å². The van der Waals surface area contributed by atoms with Crippen molar-refractivity contribution in [2.45, 2.75) is 26.7 Å². The SMILES string of the molecule is COc1ccc2nc(C)cc(C(=O)NN=Cc3ccc(C(C)C)cc3)c2c1. The quantitative estimate of drug-likeness (QED) is 0.540. The van der Waals surface area contributed by atoms with E-state index in [4.69, 9.17) is 4.74 Å². The monoisotopic (exact) mass is 361 g/mol. The predicted octanol–water partition coefficient (Wildman–Crippen LogP) is 4.44. The largest absolute Gasteiger partial charge is 0.497 e. The third-order valence-electron chi connectivity index (χ3n) is 4.37. The summed E-state index contributed by atoms with van der Waals surface area (Å²) >= 11 is 0. The van der Waals surface area contributed by atoms with Crippen LogP contribution < -0.4 is 10.2 Å². The van der Waals surface area contributed by atoms with Gasteiger partial charge in [0.2, 0.25) is 0 Å². The van der Waals surface area contributed by atoms with Crippen molar-refractivity contribution in [3.8, 4) is 5.75 Å². The van der Waals surface area contributed by atoms with Gasteiger partial charge in [-0.2, -0.15) is 5.10 Å². The van der Waals surface area contributed by atoms with Gasteiger partial charge >= 0.3 is 0 Å². The van der Waals surface area contributed by atoms with Gasteiger partial charge in [-0.25, -0.2) is 5.43 Å². The van der Waals surface area contributed by atoms with Crippen molar-refractivity contribution >= 4 is 23.0 Å². The number of aromatic nitrogens is 1. The van der Waals surface area contributed by atoms with Gasteiger partial charge in [0.05, 0.1) is 24.4 Å². The van der Waals surface area contributed by atoms with Crippen LogP contribution in [0.25, 0.3) is 10.9 Å². The summed E-state index contributed by atoms with van der Waals surface area (Å²) in [6.07, 6.45) is 1.64. The number of benzene rings is 2. The van der Waals surface area contributed by atoms with Crippen molar-refractivity contribution in [1.29, 1.82) is 0 Å². The van der Waals surface area contributed by atoms with Crippen LogP contribution in [-0.2, 0) is 0 Å². The molecular formula is C22H23N3O2. The van der Waals surface area contributed by atoms with Crippen molar-refractivity contribution in [2.24, 2.45) is 5.10 Å². The van der Waals surface area contributed by atoms with E-state index in [0.717, 1.165) is 22.2 Å². The number of rotatable bonds is 5. The van der Waals surface area contributed by atoms with Gasteiger partial charge in [-0.1, -0.05) is 38.1 Å². The average Bonchev–Trinajstić information content (AvgIpc) is 2.67. The zero-order valence-corrected chi connectivity index (χ0v) is 16.0. The summed E-state index contributed by atoms with van der Waals surface area (Å²) in [5.41, 5.74) is 6.83. The van der Waals surface area contributed by atoms with E-state index in [0.29, 0.717) is 17.2 Å². The van der Waals surface area contributed by atoms with Gasteiger partial charge in [-0.05, 0) is 48.2 Å². The normalized spacial score (nSPS) is 11.3. The Hall–Kier alpha value is -3.21. The van der Waals surface area contributed by atoms with E-state index in [1.807, 2.05) is 37.3 Å². The summed E-state index contributed by atoms with van der Waals surface area (Å²) in [5, 5.41) is 4.83. The third-order valence-corrected chi connectivity index (χ3v) is 4.37. The molecule has 27 heavy (non-hydrogen) atoms. The minimum Gasteiger partial charge on any atom is -0.497 e. The molecule has 0 aliphatic heterocycles. The Labute approximate surface area is 159 Å². The Bertz CT molecular complexity index is 992. The minimum absolute atomic E-state index is 0.284. The van der Waals surface area contributed by atoms with Crippen molar-refractivity contribution in [3.05, 3.63) is 70.9 Å². The number of nitrogens with zero attached hydrogens (tertiary/aromatic N) is 2. The lowest BCUT2D eigenvalue weighted by Gasteiger charge is -2.08. The number of hydrogen-bond acceptors (Lipinski definition) is 4. The van der Waals surface area contributed by atoms with E-state index >= 15 is 0 Å². The first-order chi connectivity index (χ1) is 13.0. The van der Waals surface area contributed by atoms with Crippen molar-refractivity contribution in [1.82, 2.24) is 10.4 Å². The summed E-state index contributed by atoms with van der Waals surface area (Å²) < 4.78 is 5.26. The van der Waals surface area contributed by atoms with Crippen molar-refractivity contribution < 1.29 is 9.53 Å². The zero-order valence-electron chi connectivity index (χ0n) is 16.0. The highest BCUT2D eigenvalue weighted by Gasteiger charge is 2.12. The fraction of sp³-hybridized carbons (Fsp3) is 0.227. The molecule has 1 aromatic heterocycles. The zero-order chi connectivity index (χ0) is 19.4. The maximum atomic E-state index is 12.7. The first-order valence-electron chi connectivity index (χ1n) is 8.86. The van der Waals surface area contributed by atoms with Crippen LogP contribution in [0, 0.1) is 6.92 Å². The molecule has 0 bridgehead atoms. The number of hydrogen-bond donors (Lipinski definition) is 1. The van der Waals surface area contributed by atoms with Crippen LogP contribution in [0.1, 0.15) is 46.9 Å². The molecule has 0 saturated heterocycles. The van der Waals surface area contributed by atoms with Crippen molar-refractivity contribution in [3.63, 3.8) is 0 Å². The molecule has 2 aromatic carbocycles. The highest BCUT2D eigenvalue weighted by molar-refractivity contribution is 6.06. The molecule has 5 heteroatoms. The first-order valence-corrected chi connectivity index (χ1v) is 8.86. The number of fused-ring (bicyclic) bond motifs is 1. The fourth-order valence-corrected chi connectivity index (χ4v) is 2.84. The van der Waals surface area contributed by atoms with Crippen molar-refractivity contribution in [2.75, 3.05) is 7.11 Å². The number of nitrogens with one attached hydrogen (secondary N) is 1. The molecular weight excluding hydrogens is 338 g/mol. The minimum atomic E-state index is -0.284. The van der Waals surface area contributed by atoms with Gasteiger partial charge < -0.3 is 4.74 Å². The van der Waals surface area contributed by atoms with Gasteiger partial charge in [0, 0.05) is 11.1 Å². The Kier molecular flexibility index (Phi) is 5.50. The number of methoxy groups -OCH3 is 1. The lowest BCUT2D eigenvalue weighted by molar-refractivity contribution is 0.0956. The number of hydrazone groups is 1. The lowest BCUT2D eigenvalue weighted by Crippen LogP contribution is -2.18. The number of ether oxygens (including phenoxy) is 1. The third kappa shape index (κ3) is 4.31. The molecule has 1 heterocycles. The van der Waals surface area contributed by atoms with E-state index in [9.17, 15) is 4.79 Å². The number of amides is 1. The molecule has 0 fully saturated rings. The van der Waals surface area contributed by atoms with Gasteiger partial charge in [0.15, 0.2) is 0 Å². The molecule has 138 valence electrons. The summed E-state index contributed by atoms with van der Waals surface area (Å²) in [7, 11) is 1.59. The Morgan fingerprint density at radius 3 is 2.56 bits per heavy atom. The van der Waals surface area contributed by atoms with Crippen LogP contribution in [0.2, 0.25) is 0 Å². The van der Waals surface area contributed by atoms with E-state index in [-0.39, 0.29) is 5.91 Å². The number of carbonyl (C=O) groups is 1. The summed E-state index contributed by atoms with van der Waals surface area (Å²) in [6, 6.07) is 15.4.